The molecule has 168 valence electrons. The summed E-state index contributed by atoms with van der Waals surface area (Å²) < 4.78 is 59.3. The van der Waals surface area contributed by atoms with E-state index in [0.717, 1.165) is 24.8 Å². The molecule has 2 rings (SSSR count). The highest BCUT2D eigenvalue weighted by Gasteiger charge is 2.36. The van der Waals surface area contributed by atoms with E-state index in [1.54, 1.807) is 0 Å². The van der Waals surface area contributed by atoms with E-state index in [4.69, 9.17) is 14.2 Å². The molecule has 10 heteroatoms. The van der Waals surface area contributed by atoms with E-state index in [2.05, 4.69) is 10.1 Å². The average Bonchev–Trinajstić information content (AvgIpc) is 2.76. The lowest BCUT2D eigenvalue weighted by Gasteiger charge is -2.14. The Labute approximate surface area is 177 Å². The van der Waals surface area contributed by atoms with Crippen molar-refractivity contribution in [3.8, 4) is 5.75 Å². The molecule has 0 aromatic heterocycles. The normalized spacial score (nSPS) is 11.0. The zero-order chi connectivity index (χ0) is 22.7. The van der Waals surface area contributed by atoms with Gasteiger partial charge in [-0.25, -0.2) is 9.59 Å². The summed E-state index contributed by atoms with van der Waals surface area (Å²) >= 11 is 0. The van der Waals surface area contributed by atoms with Crippen molar-refractivity contribution in [1.29, 1.82) is 0 Å². The van der Waals surface area contributed by atoms with Crippen molar-refractivity contribution in [2.24, 2.45) is 0 Å². The number of carbonyl (C=O) groups excluding carboxylic acids is 2. The van der Waals surface area contributed by atoms with Crippen LogP contribution in [0.3, 0.4) is 0 Å². The van der Waals surface area contributed by atoms with Crippen molar-refractivity contribution < 1.29 is 41.7 Å². The standard InChI is InChI=1S/C21H22F3NO6/c1-28-19(26)17-8-7-16(13-18(17)21(22,23)24)30-12-11-29-10-9-25-20(27)31-14-15-5-3-2-4-6-15/h2-8,13H,9-12,14H2,1H3,(H,25,27). The summed E-state index contributed by atoms with van der Waals surface area (Å²) in [6.45, 7) is 0.572. The summed E-state index contributed by atoms with van der Waals surface area (Å²) in [6, 6.07) is 12.2. The van der Waals surface area contributed by atoms with Gasteiger partial charge in [0.2, 0.25) is 0 Å². The van der Waals surface area contributed by atoms with E-state index >= 15 is 0 Å². The second kappa shape index (κ2) is 11.8. The zero-order valence-corrected chi connectivity index (χ0v) is 16.7. The molecule has 0 bridgehead atoms. The summed E-state index contributed by atoms with van der Waals surface area (Å²) in [5.41, 5.74) is -0.876. The fourth-order valence-electron chi connectivity index (χ4n) is 2.46. The highest BCUT2D eigenvalue weighted by molar-refractivity contribution is 5.91. The first-order chi connectivity index (χ1) is 14.8. The van der Waals surface area contributed by atoms with Crippen LogP contribution in [0.1, 0.15) is 21.5 Å². The molecule has 0 aliphatic heterocycles. The van der Waals surface area contributed by atoms with Crippen molar-refractivity contribution in [3.63, 3.8) is 0 Å². The summed E-state index contributed by atoms with van der Waals surface area (Å²) in [7, 11) is 1.00. The van der Waals surface area contributed by atoms with Gasteiger partial charge in [-0.05, 0) is 23.8 Å². The second-order valence-electron chi connectivity index (χ2n) is 6.15. The van der Waals surface area contributed by atoms with Gasteiger partial charge in [0.25, 0.3) is 0 Å². The number of halogens is 3. The van der Waals surface area contributed by atoms with Crippen LogP contribution < -0.4 is 10.1 Å². The molecule has 0 spiro atoms. The summed E-state index contributed by atoms with van der Waals surface area (Å²) in [5, 5.41) is 2.51. The number of hydrogen-bond donors (Lipinski definition) is 1. The van der Waals surface area contributed by atoms with E-state index in [9.17, 15) is 22.8 Å². The molecule has 2 aromatic rings. The predicted molar refractivity (Wildman–Crippen MR) is 104 cm³/mol. The number of alkyl halides is 3. The number of carbonyl (C=O) groups is 2. The Morgan fingerprint density at radius 2 is 1.74 bits per heavy atom. The Bertz CT molecular complexity index is 858. The topological polar surface area (TPSA) is 83.1 Å². The molecular weight excluding hydrogens is 419 g/mol. The third-order valence-corrected chi connectivity index (χ3v) is 3.93. The van der Waals surface area contributed by atoms with Gasteiger partial charge in [-0.15, -0.1) is 0 Å². The molecule has 0 radical (unpaired) electrons. The third kappa shape index (κ3) is 8.17. The smallest absolute Gasteiger partial charge is 0.417 e. The number of esters is 1. The quantitative estimate of drug-likeness (QED) is 0.446. The number of methoxy groups -OCH3 is 1. The van der Waals surface area contributed by atoms with Crippen LogP contribution in [0.25, 0.3) is 0 Å². The maximum Gasteiger partial charge on any atom is 0.417 e. The fourth-order valence-corrected chi connectivity index (χ4v) is 2.46. The van der Waals surface area contributed by atoms with Crippen LogP contribution in [0, 0.1) is 0 Å². The van der Waals surface area contributed by atoms with E-state index in [-0.39, 0.29) is 38.7 Å². The lowest BCUT2D eigenvalue weighted by atomic mass is 10.1. The molecule has 0 fully saturated rings. The fraction of sp³-hybridized carbons (Fsp3) is 0.333. The van der Waals surface area contributed by atoms with Crippen LogP contribution in [-0.2, 0) is 27.0 Å². The Morgan fingerprint density at radius 1 is 1.00 bits per heavy atom. The largest absolute Gasteiger partial charge is 0.491 e. The van der Waals surface area contributed by atoms with Gasteiger partial charge in [0.15, 0.2) is 0 Å². The van der Waals surface area contributed by atoms with E-state index in [1.807, 2.05) is 30.3 Å². The highest BCUT2D eigenvalue weighted by Crippen LogP contribution is 2.34. The van der Waals surface area contributed by atoms with Crippen LogP contribution in [-0.4, -0.2) is 45.5 Å². The average molecular weight is 441 g/mol. The Morgan fingerprint density at radius 3 is 2.42 bits per heavy atom. The van der Waals surface area contributed by atoms with Gasteiger partial charge in [0.05, 0.1) is 31.5 Å². The molecule has 0 saturated carbocycles. The number of nitrogens with one attached hydrogen (secondary N) is 1. The van der Waals surface area contributed by atoms with Crippen molar-refractivity contribution in [2.75, 3.05) is 33.5 Å². The van der Waals surface area contributed by atoms with Crippen LogP contribution in [0.2, 0.25) is 0 Å². The van der Waals surface area contributed by atoms with E-state index < -0.39 is 29.4 Å². The molecular formula is C21H22F3NO6. The molecule has 2 aromatic carbocycles. The summed E-state index contributed by atoms with van der Waals surface area (Å²) in [5.74, 6) is -1.15. The van der Waals surface area contributed by atoms with Crippen molar-refractivity contribution >= 4 is 12.1 Å². The Balaban J connectivity index is 1.66. The van der Waals surface area contributed by atoms with Crippen LogP contribution in [0.4, 0.5) is 18.0 Å². The van der Waals surface area contributed by atoms with Gasteiger partial charge >= 0.3 is 18.2 Å². The maximum absolute atomic E-state index is 13.1. The van der Waals surface area contributed by atoms with Gasteiger partial charge in [0.1, 0.15) is 19.0 Å². The Kier molecular flexibility index (Phi) is 9.13. The lowest BCUT2D eigenvalue weighted by Crippen LogP contribution is -2.28. The molecule has 1 N–H and O–H groups in total. The van der Waals surface area contributed by atoms with Crippen molar-refractivity contribution in [2.45, 2.75) is 12.8 Å². The van der Waals surface area contributed by atoms with Crippen molar-refractivity contribution in [3.05, 3.63) is 65.2 Å². The van der Waals surface area contributed by atoms with Gasteiger partial charge in [-0.1, -0.05) is 30.3 Å². The van der Waals surface area contributed by atoms with Gasteiger partial charge < -0.3 is 24.3 Å². The number of benzene rings is 2. The monoisotopic (exact) mass is 441 g/mol. The molecule has 0 atom stereocenters. The van der Waals surface area contributed by atoms with Crippen LogP contribution in [0.15, 0.2) is 48.5 Å². The first-order valence-electron chi connectivity index (χ1n) is 9.26. The highest BCUT2D eigenvalue weighted by atomic mass is 19.4. The number of ether oxygens (including phenoxy) is 4. The molecule has 0 heterocycles. The maximum atomic E-state index is 13.1. The number of rotatable bonds is 10. The SMILES string of the molecule is COC(=O)c1ccc(OCCOCCNC(=O)OCc2ccccc2)cc1C(F)(F)F. The minimum atomic E-state index is -4.74. The van der Waals surface area contributed by atoms with E-state index in [0.29, 0.717) is 0 Å². The first-order valence-corrected chi connectivity index (χ1v) is 9.26. The molecule has 0 aliphatic rings. The van der Waals surface area contributed by atoms with Crippen molar-refractivity contribution in [1.82, 2.24) is 5.32 Å². The molecule has 0 saturated heterocycles. The number of hydrogen-bond acceptors (Lipinski definition) is 6. The van der Waals surface area contributed by atoms with Crippen LogP contribution in [0.5, 0.6) is 5.75 Å². The first kappa shape index (κ1) is 24.0. The third-order valence-electron chi connectivity index (χ3n) is 3.93. The molecule has 0 unspecified atom stereocenters. The van der Waals surface area contributed by atoms with Gasteiger partial charge in [-0.2, -0.15) is 13.2 Å². The van der Waals surface area contributed by atoms with Crippen LogP contribution >= 0.6 is 0 Å². The van der Waals surface area contributed by atoms with Gasteiger partial charge in [-0.3, -0.25) is 0 Å². The van der Waals surface area contributed by atoms with E-state index in [1.165, 1.54) is 6.07 Å². The molecule has 1 amide bonds. The van der Waals surface area contributed by atoms with Gasteiger partial charge in [0, 0.05) is 6.54 Å². The summed E-state index contributed by atoms with van der Waals surface area (Å²) in [4.78, 5) is 23.1. The zero-order valence-electron chi connectivity index (χ0n) is 16.7. The number of alkyl carbamates (subject to hydrolysis) is 1. The molecule has 7 nitrogen and oxygen atoms in total. The predicted octanol–water partition coefficient (Wildman–Crippen LogP) is 3.81. The molecule has 31 heavy (non-hydrogen) atoms. The molecule has 0 aliphatic carbocycles. The minimum absolute atomic E-state index is 0.0205. The lowest BCUT2D eigenvalue weighted by molar-refractivity contribution is -0.138. The number of amides is 1. The minimum Gasteiger partial charge on any atom is -0.491 e. The Hall–Kier alpha value is -3.27. The second-order valence-corrected chi connectivity index (χ2v) is 6.15. The summed E-state index contributed by atoms with van der Waals surface area (Å²) in [6.07, 6.45) is -5.32.